The Hall–Kier alpha value is -0.605. The van der Waals surface area contributed by atoms with E-state index in [-0.39, 0.29) is 18.1 Å². The van der Waals surface area contributed by atoms with Gasteiger partial charge in [-0.3, -0.25) is 4.99 Å². The highest BCUT2D eigenvalue weighted by Gasteiger charge is 2.30. The molecule has 1 aliphatic rings. The number of phenolic OH excluding ortho intramolecular Hbond substituents is 1. The molecular formula is C17H22BBrN2O3S2. The molecule has 0 fully saturated rings. The number of aromatic nitrogens is 1. The van der Waals surface area contributed by atoms with Crippen LogP contribution in [0, 0.1) is 0 Å². The number of benzene rings is 1. The van der Waals surface area contributed by atoms with Crippen molar-refractivity contribution in [1.29, 1.82) is 0 Å². The van der Waals surface area contributed by atoms with Crippen LogP contribution in [0.2, 0.25) is 6.32 Å². The third kappa shape index (κ3) is 5.22. The highest BCUT2D eigenvalue weighted by atomic mass is 79.9. The predicted molar refractivity (Wildman–Crippen MR) is 116 cm³/mol. The number of thioether (sulfide) groups is 1. The Labute approximate surface area is 171 Å². The second kappa shape index (κ2) is 10.1. The van der Waals surface area contributed by atoms with Gasteiger partial charge in [-0.25, -0.2) is 4.98 Å². The SMILES string of the molecule is BCCCOC(OCCCBr)C1CSC(c2nc3ccc(O)cc3s2)=N1. The van der Waals surface area contributed by atoms with E-state index in [0.717, 1.165) is 50.5 Å². The largest absolute Gasteiger partial charge is 0.508 e. The Bertz CT molecular complexity index is 749. The molecule has 2 heterocycles. The average molecular weight is 457 g/mol. The summed E-state index contributed by atoms with van der Waals surface area (Å²) in [6.45, 7) is 1.36. The maximum atomic E-state index is 9.63. The molecule has 2 unspecified atom stereocenters. The van der Waals surface area contributed by atoms with Crippen molar-refractivity contribution in [1.82, 2.24) is 4.98 Å². The molecule has 26 heavy (non-hydrogen) atoms. The molecule has 0 radical (unpaired) electrons. The Morgan fingerprint density at radius 1 is 1.31 bits per heavy atom. The van der Waals surface area contributed by atoms with Crippen LogP contribution in [0.1, 0.15) is 17.8 Å². The second-order valence-corrected chi connectivity index (χ2v) is 8.82. The van der Waals surface area contributed by atoms with Crippen molar-refractivity contribution in [2.75, 3.05) is 24.3 Å². The number of aromatic hydroxyl groups is 1. The Balaban J connectivity index is 1.71. The first-order valence-electron chi connectivity index (χ1n) is 8.81. The molecular weight excluding hydrogens is 435 g/mol. The molecule has 2 atom stereocenters. The Kier molecular flexibility index (Phi) is 7.81. The lowest BCUT2D eigenvalue weighted by Gasteiger charge is -2.22. The lowest BCUT2D eigenvalue weighted by molar-refractivity contribution is -0.149. The normalized spacial score (nSPS) is 18.3. The maximum Gasteiger partial charge on any atom is 0.180 e. The van der Waals surface area contributed by atoms with Gasteiger partial charge in [-0.05, 0) is 31.0 Å². The molecule has 1 aromatic carbocycles. The van der Waals surface area contributed by atoms with Gasteiger partial charge in [0, 0.05) is 17.7 Å². The summed E-state index contributed by atoms with van der Waals surface area (Å²) in [4.78, 5) is 9.49. The van der Waals surface area contributed by atoms with Crippen LogP contribution < -0.4 is 0 Å². The number of thiazole rings is 1. The molecule has 5 nitrogen and oxygen atoms in total. The van der Waals surface area contributed by atoms with Crippen molar-refractivity contribution in [3.63, 3.8) is 0 Å². The molecule has 2 aromatic rings. The van der Waals surface area contributed by atoms with Crippen LogP contribution in [0.3, 0.4) is 0 Å². The average Bonchev–Trinajstić information content (AvgIpc) is 3.27. The van der Waals surface area contributed by atoms with Crippen molar-refractivity contribution in [2.24, 2.45) is 4.99 Å². The van der Waals surface area contributed by atoms with Crippen LogP contribution in [0.15, 0.2) is 23.2 Å². The van der Waals surface area contributed by atoms with E-state index in [1.165, 1.54) is 0 Å². The van der Waals surface area contributed by atoms with Gasteiger partial charge in [0.1, 0.15) is 29.7 Å². The smallest absolute Gasteiger partial charge is 0.180 e. The number of halogens is 1. The van der Waals surface area contributed by atoms with Gasteiger partial charge in [-0.15, -0.1) is 23.1 Å². The quantitative estimate of drug-likeness (QED) is 0.256. The van der Waals surface area contributed by atoms with Crippen LogP contribution in [0.4, 0.5) is 0 Å². The molecule has 1 aromatic heterocycles. The maximum absolute atomic E-state index is 9.63. The molecule has 9 heteroatoms. The number of ether oxygens (including phenoxy) is 2. The van der Waals surface area contributed by atoms with Gasteiger partial charge >= 0.3 is 0 Å². The van der Waals surface area contributed by atoms with Crippen LogP contribution in [0.5, 0.6) is 5.75 Å². The van der Waals surface area contributed by atoms with Gasteiger partial charge in [0.25, 0.3) is 0 Å². The van der Waals surface area contributed by atoms with Crippen molar-refractivity contribution < 1.29 is 14.6 Å². The first-order valence-corrected chi connectivity index (χ1v) is 11.7. The lowest BCUT2D eigenvalue weighted by Crippen LogP contribution is -2.32. The van der Waals surface area contributed by atoms with Gasteiger partial charge in [0.15, 0.2) is 6.29 Å². The molecule has 0 saturated carbocycles. The van der Waals surface area contributed by atoms with E-state index in [9.17, 15) is 5.11 Å². The number of fused-ring (bicyclic) bond motifs is 1. The van der Waals surface area contributed by atoms with E-state index >= 15 is 0 Å². The van der Waals surface area contributed by atoms with Crippen molar-refractivity contribution in [2.45, 2.75) is 31.5 Å². The van der Waals surface area contributed by atoms with Gasteiger partial charge in [0.05, 0.1) is 16.8 Å². The number of nitrogens with zero attached hydrogens (tertiary/aromatic N) is 2. The number of alkyl halides is 1. The van der Waals surface area contributed by atoms with E-state index in [1.807, 2.05) is 6.07 Å². The standard InChI is InChI=1S/C17H22BBrN2O3S2/c18-5-1-7-23-17(24-8-2-6-19)13-10-25-15(21-13)16-20-12-4-3-11(22)9-14(12)26-16/h3-4,9,13,17,22H,1-2,5-8,10,18H2. The van der Waals surface area contributed by atoms with E-state index in [4.69, 9.17) is 14.5 Å². The highest BCUT2D eigenvalue weighted by molar-refractivity contribution is 9.09. The second-order valence-electron chi connectivity index (χ2n) is 5.99. The number of aliphatic imine (C=N–C) groups is 1. The monoisotopic (exact) mass is 456 g/mol. The van der Waals surface area contributed by atoms with Crippen molar-refractivity contribution in [3.05, 3.63) is 23.2 Å². The van der Waals surface area contributed by atoms with E-state index in [0.29, 0.717) is 13.2 Å². The Morgan fingerprint density at radius 2 is 2.12 bits per heavy atom. The minimum atomic E-state index is -0.302. The zero-order valence-corrected chi connectivity index (χ0v) is 17.9. The minimum absolute atomic E-state index is 0.0115. The van der Waals surface area contributed by atoms with E-state index < -0.39 is 0 Å². The summed E-state index contributed by atoms with van der Waals surface area (Å²) in [6.07, 6.45) is 2.77. The van der Waals surface area contributed by atoms with Crippen molar-refractivity contribution >= 4 is 62.1 Å². The number of phenols is 1. The summed E-state index contributed by atoms with van der Waals surface area (Å²) in [7, 11) is 2.15. The van der Waals surface area contributed by atoms with Crippen LogP contribution in [-0.2, 0) is 9.47 Å². The summed E-state index contributed by atoms with van der Waals surface area (Å²) in [5, 5.41) is 12.4. The topological polar surface area (TPSA) is 63.9 Å². The first-order chi connectivity index (χ1) is 12.7. The van der Waals surface area contributed by atoms with E-state index in [1.54, 1.807) is 35.2 Å². The van der Waals surface area contributed by atoms with Crippen LogP contribution >= 0.6 is 39.0 Å². The number of hydrogen-bond acceptors (Lipinski definition) is 7. The van der Waals surface area contributed by atoms with Gasteiger partial charge in [-0.2, -0.15) is 0 Å². The third-order valence-corrected chi connectivity index (χ3v) is 6.68. The summed E-state index contributed by atoms with van der Waals surface area (Å²) in [5.41, 5.74) is 0.888. The van der Waals surface area contributed by atoms with E-state index in [2.05, 4.69) is 28.8 Å². The van der Waals surface area contributed by atoms with Crippen LogP contribution in [0.25, 0.3) is 10.2 Å². The number of hydrogen-bond donors (Lipinski definition) is 1. The molecule has 0 spiro atoms. The fourth-order valence-electron chi connectivity index (χ4n) is 2.52. The minimum Gasteiger partial charge on any atom is -0.508 e. The summed E-state index contributed by atoms with van der Waals surface area (Å²) >= 11 is 6.68. The van der Waals surface area contributed by atoms with Crippen molar-refractivity contribution in [3.8, 4) is 5.75 Å². The molecule has 0 saturated heterocycles. The highest BCUT2D eigenvalue weighted by Crippen LogP contribution is 2.32. The molecule has 3 rings (SSSR count). The molecule has 0 bridgehead atoms. The predicted octanol–water partition coefficient (Wildman–Crippen LogP) is 3.45. The molecule has 140 valence electrons. The first kappa shape index (κ1) is 20.1. The molecule has 0 amide bonds. The van der Waals surface area contributed by atoms with Crippen LogP contribution in [-0.4, -0.2) is 59.6 Å². The summed E-state index contributed by atoms with van der Waals surface area (Å²) in [6, 6.07) is 5.23. The van der Waals surface area contributed by atoms with Gasteiger partial charge in [-0.1, -0.05) is 22.3 Å². The zero-order chi connectivity index (χ0) is 18.4. The molecule has 0 aliphatic carbocycles. The summed E-state index contributed by atoms with van der Waals surface area (Å²) < 4.78 is 12.9. The molecule has 1 N–H and O–H groups in total. The zero-order valence-electron chi connectivity index (χ0n) is 14.7. The number of rotatable bonds is 10. The Morgan fingerprint density at radius 3 is 2.88 bits per heavy atom. The fourth-order valence-corrected chi connectivity index (χ4v) is 4.88. The molecule has 1 aliphatic heterocycles. The van der Waals surface area contributed by atoms with Gasteiger partial charge < -0.3 is 14.6 Å². The van der Waals surface area contributed by atoms with Gasteiger partial charge in [0.2, 0.25) is 0 Å². The lowest BCUT2D eigenvalue weighted by atomic mass is 10.0. The third-order valence-electron chi connectivity index (χ3n) is 3.88. The fraction of sp³-hybridized carbons (Fsp3) is 0.529. The summed E-state index contributed by atoms with van der Waals surface area (Å²) in [5.74, 6) is 1.10.